The summed E-state index contributed by atoms with van der Waals surface area (Å²) in [5.74, 6) is 0.771. The number of thioether (sulfide) groups is 1. The summed E-state index contributed by atoms with van der Waals surface area (Å²) < 4.78 is 1.02. The molecule has 0 aliphatic rings. The normalized spacial score (nSPS) is 11.6. The molecule has 0 heterocycles. The molecule has 190 valence electrons. The van der Waals surface area contributed by atoms with Crippen molar-refractivity contribution >= 4 is 51.1 Å². The Morgan fingerprint density at radius 3 is 2.36 bits per heavy atom. The van der Waals surface area contributed by atoms with E-state index in [0.717, 1.165) is 34.0 Å². The topological polar surface area (TPSA) is 49.4 Å². The lowest BCUT2D eigenvalue weighted by Gasteiger charge is -2.32. The molecule has 3 rings (SSSR count). The Bertz CT molecular complexity index is 1110. The predicted molar refractivity (Wildman–Crippen MR) is 154 cm³/mol. The molecule has 2 amide bonds. The second-order valence-electron chi connectivity index (χ2n) is 8.58. The molecule has 0 unspecified atom stereocenters. The maximum absolute atomic E-state index is 13.6. The van der Waals surface area contributed by atoms with Crippen LogP contribution in [-0.4, -0.2) is 35.1 Å². The highest BCUT2D eigenvalue weighted by Crippen LogP contribution is 2.22. The molecule has 7 heteroatoms. The molecule has 0 spiro atoms. The van der Waals surface area contributed by atoms with E-state index in [-0.39, 0.29) is 24.1 Å². The summed E-state index contributed by atoms with van der Waals surface area (Å²) in [5, 5.41) is 3.64. The zero-order valence-electron chi connectivity index (χ0n) is 20.5. The van der Waals surface area contributed by atoms with E-state index in [1.54, 1.807) is 16.7 Å². The molecule has 0 aliphatic heterocycles. The van der Waals surface area contributed by atoms with E-state index in [2.05, 4.69) is 28.2 Å². The Morgan fingerprint density at radius 1 is 0.972 bits per heavy atom. The maximum atomic E-state index is 13.6. The second-order valence-corrected chi connectivity index (χ2v) is 10.9. The third-order valence-corrected chi connectivity index (χ3v) is 7.69. The Hall–Kier alpha value is -2.28. The SMILES string of the molecule is CCCCNC(=O)[C@H](Cc1ccccc1)N(Cc1ccccc1Cl)C(=O)CSCc1ccc(Br)cc1. The third-order valence-electron chi connectivity index (χ3n) is 5.81. The summed E-state index contributed by atoms with van der Waals surface area (Å²) in [6.07, 6.45) is 2.32. The highest BCUT2D eigenvalue weighted by Gasteiger charge is 2.30. The largest absolute Gasteiger partial charge is 0.354 e. The number of nitrogens with zero attached hydrogens (tertiary/aromatic N) is 1. The van der Waals surface area contributed by atoms with Crippen molar-refractivity contribution in [3.8, 4) is 0 Å². The van der Waals surface area contributed by atoms with Gasteiger partial charge in [-0.05, 0) is 41.3 Å². The summed E-state index contributed by atoms with van der Waals surface area (Å²) in [7, 11) is 0. The Kier molecular flexibility index (Phi) is 11.9. The van der Waals surface area contributed by atoms with Crippen molar-refractivity contribution in [1.82, 2.24) is 10.2 Å². The maximum Gasteiger partial charge on any atom is 0.243 e. The fourth-order valence-electron chi connectivity index (χ4n) is 3.79. The zero-order chi connectivity index (χ0) is 25.8. The van der Waals surface area contributed by atoms with Crippen LogP contribution in [0, 0.1) is 0 Å². The third kappa shape index (κ3) is 8.99. The van der Waals surface area contributed by atoms with Gasteiger partial charge in [-0.25, -0.2) is 0 Å². The number of benzene rings is 3. The molecule has 3 aromatic rings. The monoisotopic (exact) mass is 586 g/mol. The van der Waals surface area contributed by atoms with Gasteiger partial charge in [-0.15, -0.1) is 11.8 Å². The predicted octanol–water partition coefficient (Wildman–Crippen LogP) is 6.89. The minimum Gasteiger partial charge on any atom is -0.354 e. The molecule has 1 N–H and O–H groups in total. The van der Waals surface area contributed by atoms with E-state index in [1.807, 2.05) is 78.9 Å². The number of hydrogen-bond donors (Lipinski definition) is 1. The van der Waals surface area contributed by atoms with E-state index in [9.17, 15) is 9.59 Å². The number of rotatable bonds is 13. The van der Waals surface area contributed by atoms with Crippen LogP contribution in [0.15, 0.2) is 83.3 Å². The first kappa shape index (κ1) is 28.3. The molecular weight excluding hydrogens is 556 g/mol. The lowest BCUT2D eigenvalue weighted by molar-refractivity contribution is -0.139. The van der Waals surface area contributed by atoms with Crippen LogP contribution in [0.25, 0.3) is 0 Å². The van der Waals surface area contributed by atoms with Gasteiger partial charge in [0.15, 0.2) is 0 Å². The van der Waals surface area contributed by atoms with Crippen LogP contribution in [0.4, 0.5) is 0 Å². The highest BCUT2D eigenvalue weighted by molar-refractivity contribution is 9.10. The molecule has 0 saturated heterocycles. The van der Waals surface area contributed by atoms with Crippen molar-refractivity contribution in [3.63, 3.8) is 0 Å². The van der Waals surface area contributed by atoms with Gasteiger partial charge in [0.2, 0.25) is 11.8 Å². The number of halogens is 2. The number of carbonyl (C=O) groups is 2. The van der Waals surface area contributed by atoms with Gasteiger partial charge in [0, 0.05) is 34.8 Å². The fourth-order valence-corrected chi connectivity index (χ4v) is 5.12. The molecule has 0 bridgehead atoms. The minimum atomic E-state index is -0.638. The van der Waals surface area contributed by atoms with Gasteiger partial charge in [-0.2, -0.15) is 0 Å². The molecule has 3 aromatic carbocycles. The first-order chi connectivity index (χ1) is 17.5. The lowest BCUT2D eigenvalue weighted by atomic mass is 10.0. The van der Waals surface area contributed by atoms with Gasteiger partial charge in [-0.1, -0.05) is 102 Å². The standard InChI is InChI=1S/C29H32BrClN2O2S/c1-2-3-17-32-29(35)27(18-22-9-5-4-6-10-22)33(19-24-11-7-8-12-26(24)31)28(34)21-36-20-23-13-15-25(30)16-14-23/h4-16,27H,2-3,17-21H2,1H3,(H,32,35)/t27-/m0/s1. The summed E-state index contributed by atoms with van der Waals surface area (Å²) in [4.78, 5) is 28.8. The second kappa shape index (κ2) is 15.1. The van der Waals surface area contributed by atoms with Gasteiger partial charge in [0.1, 0.15) is 6.04 Å². The van der Waals surface area contributed by atoms with Gasteiger partial charge < -0.3 is 10.2 Å². The first-order valence-corrected chi connectivity index (χ1v) is 14.5. The molecule has 36 heavy (non-hydrogen) atoms. The molecular formula is C29H32BrClN2O2S. The Labute approximate surface area is 231 Å². The van der Waals surface area contributed by atoms with Crippen molar-refractivity contribution in [1.29, 1.82) is 0 Å². The summed E-state index contributed by atoms with van der Waals surface area (Å²) >= 11 is 11.5. The average molecular weight is 588 g/mol. The van der Waals surface area contributed by atoms with Crippen LogP contribution in [0.2, 0.25) is 5.02 Å². The van der Waals surface area contributed by atoms with E-state index in [1.165, 1.54) is 0 Å². The quantitative estimate of drug-likeness (QED) is 0.222. The van der Waals surface area contributed by atoms with E-state index in [4.69, 9.17) is 11.6 Å². The number of nitrogens with one attached hydrogen (secondary N) is 1. The molecule has 0 fully saturated rings. The van der Waals surface area contributed by atoms with E-state index >= 15 is 0 Å². The van der Waals surface area contributed by atoms with Crippen molar-refractivity contribution in [2.75, 3.05) is 12.3 Å². The number of amides is 2. The van der Waals surface area contributed by atoms with Crippen LogP contribution in [0.3, 0.4) is 0 Å². The molecule has 0 radical (unpaired) electrons. The van der Waals surface area contributed by atoms with Crippen LogP contribution in [-0.2, 0) is 28.3 Å². The summed E-state index contributed by atoms with van der Waals surface area (Å²) in [6.45, 7) is 2.95. The number of carbonyl (C=O) groups excluding carboxylic acids is 2. The van der Waals surface area contributed by atoms with Crippen LogP contribution < -0.4 is 5.32 Å². The summed E-state index contributed by atoms with van der Waals surface area (Å²) in [6, 6.07) is 24.8. The van der Waals surface area contributed by atoms with Gasteiger partial charge in [-0.3, -0.25) is 9.59 Å². The molecule has 0 aromatic heterocycles. The first-order valence-electron chi connectivity index (χ1n) is 12.1. The summed E-state index contributed by atoms with van der Waals surface area (Å²) in [5.41, 5.74) is 2.98. The zero-order valence-corrected chi connectivity index (χ0v) is 23.6. The highest BCUT2D eigenvalue weighted by atomic mass is 79.9. The van der Waals surface area contributed by atoms with E-state index < -0.39 is 6.04 Å². The average Bonchev–Trinajstić information content (AvgIpc) is 2.89. The lowest BCUT2D eigenvalue weighted by Crippen LogP contribution is -2.51. The number of hydrogen-bond acceptors (Lipinski definition) is 3. The van der Waals surface area contributed by atoms with Crippen LogP contribution in [0.5, 0.6) is 0 Å². The smallest absolute Gasteiger partial charge is 0.243 e. The van der Waals surface area contributed by atoms with Crippen molar-refractivity contribution < 1.29 is 9.59 Å². The van der Waals surface area contributed by atoms with E-state index in [0.29, 0.717) is 23.7 Å². The van der Waals surface area contributed by atoms with Crippen molar-refractivity contribution in [2.45, 2.75) is 44.5 Å². The van der Waals surface area contributed by atoms with Crippen molar-refractivity contribution in [2.24, 2.45) is 0 Å². The Morgan fingerprint density at radius 2 is 1.67 bits per heavy atom. The molecule has 1 atom stereocenters. The molecule has 0 saturated carbocycles. The van der Waals surface area contributed by atoms with Crippen molar-refractivity contribution in [3.05, 3.63) is 105 Å². The van der Waals surface area contributed by atoms with Gasteiger partial charge in [0.25, 0.3) is 0 Å². The van der Waals surface area contributed by atoms with Crippen LogP contribution in [0.1, 0.15) is 36.5 Å². The fraction of sp³-hybridized carbons (Fsp3) is 0.310. The molecule has 4 nitrogen and oxygen atoms in total. The van der Waals surface area contributed by atoms with Crippen LogP contribution >= 0.6 is 39.3 Å². The minimum absolute atomic E-state index is 0.0800. The van der Waals surface area contributed by atoms with Gasteiger partial charge >= 0.3 is 0 Å². The Balaban J connectivity index is 1.83. The van der Waals surface area contributed by atoms with Gasteiger partial charge in [0.05, 0.1) is 5.75 Å². The number of unbranched alkanes of at least 4 members (excludes halogenated alkanes) is 1. The molecule has 0 aliphatic carbocycles.